The monoisotopic (exact) mass is 375 g/mol. The van der Waals surface area contributed by atoms with Crippen LogP contribution in [0.15, 0.2) is 60.7 Å². The summed E-state index contributed by atoms with van der Waals surface area (Å²) in [6.07, 6.45) is 3.41. The quantitative estimate of drug-likeness (QED) is 0.596. The SMILES string of the molecule is CC(=O)NCCc1ccc2cc(Oc3ccc(OCC4CC4)cc3)ccc2c1. The van der Waals surface area contributed by atoms with Crippen LogP contribution in [0.1, 0.15) is 25.3 Å². The molecular formula is C24H25NO3. The van der Waals surface area contributed by atoms with Gasteiger partial charge in [0, 0.05) is 13.5 Å². The lowest BCUT2D eigenvalue weighted by atomic mass is 10.0. The summed E-state index contributed by atoms with van der Waals surface area (Å²) in [5.74, 6) is 3.25. The Kier molecular flexibility index (Phi) is 5.47. The highest BCUT2D eigenvalue weighted by molar-refractivity contribution is 5.84. The molecule has 144 valence electrons. The van der Waals surface area contributed by atoms with Crippen molar-refractivity contribution in [2.24, 2.45) is 5.92 Å². The summed E-state index contributed by atoms with van der Waals surface area (Å²) >= 11 is 0. The second-order valence-electron chi connectivity index (χ2n) is 7.40. The number of carbonyl (C=O) groups excluding carboxylic acids is 1. The maximum absolute atomic E-state index is 11.0. The number of amides is 1. The Morgan fingerprint density at radius 2 is 1.61 bits per heavy atom. The first-order valence-electron chi connectivity index (χ1n) is 9.83. The molecule has 3 aromatic carbocycles. The fraction of sp³-hybridized carbons (Fsp3) is 0.292. The Morgan fingerprint density at radius 3 is 2.36 bits per heavy atom. The van der Waals surface area contributed by atoms with Gasteiger partial charge in [-0.1, -0.05) is 24.3 Å². The molecule has 3 aromatic rings. The molecule has 4 heteroatoms. The molecule has 4 nitrogen and oxygen atoms in total. The third-order valence-electron chi connectivity index (χ3n) is 4.91. The van der Waals surface area contributed by atoms with Crippen molar-refractivity contribution in [3.05, 3.63) is 66.2 Å². The van der Waals surface area contributed by atoms with Crippen LogP contribution in [0.25, 0.3) is 10.8 Å². The Morgan fingerprint density at radius 1 is 0.929 bits per heavy atom. The molecule has 1 aliphatic carbocycles. The zero-order chi connectivity index (χ0) is 19.3. The van der Waals surface area contributed by atoms with Gasteiger partial charge in [0.15, 0.2) is 0 Å². The lowest BCUT2D eigenvalue weighted by Crippen LogP contribution is -2.22. The molecule has 0 radical (unpaired) electrons. The molecule has 0 atom stereocenters. The number of hydrogen-bond donors (Lipinski definition) is 1. The topological polar surface area (TPSA) is 47.6 Å². The minimum Gasteiger partial charge on any atom is -0.493 e. The maximum Gasteiger partial charge on any atom is 0.216 e. The highest BCUT2D eigenvalue weighted by Crippen LogP contribution is 2.31. The van der Waals surface area contributed by atoms with Gasteiger partial charge in [-0.3, -0.25) is 4.79 Å². The van der Waals surface area contributed by atoms with Gasteiger partial charge >= 0.3 is 0 Å². The van der Waals surface area contributed by atoms with Crippen molar-refractivity contribution in [2.45, 2.75) is 26.2 Å². The zero-order valence-corrected chi connectivity index (χ0v) is 16.1. The summed E-state index contributed by atoms with van der Waals surface area (Å²) in [7, 11) is 0. The van der Waals surface area contributed by atoms with Gasteiger partial charge < -0.3 is 14.8 Å². The predicted molar refractivity (Wildman–Crippen MR) is 111 cm³/mol. The summed E-state index contributed by atoms with van der Waals surface area (Å²) < 4.78 is 11.8. The number of nitrogens with one attached hydrogen (secondary N) is 1. The van der Waals surface area contributed by atoms with Crippen LogP contribution in [-0.2, 0) is 11.2 Å². The second-order valence-corrected chi connectivity index (χ2v) is 7.40. The minimum atomic E-state index is 0.00471. The van der Waals surface area contributed by atoms with Crippen LogP contribution in [0, 0.1) is 5.92 Å². The minimum absolute atomic E-state index is 0.00471. The van der Waals surface area contributed by atoms with E-state index in [0.29, 0.717) is 6.54 Å². The summed E-state index contributed by atoms with van der Waals surface area (Å²) in [5, 5.41) is 5.12. The fourth-order valence-corrected chi connectivity index (χ4v) is 3.11. The van der Waals surface area contributed by atoms with Gasteiger partial charge in [-0.25, -0.2) is 0 Å². The Balaban J connectivity index is 1.38. The molecule has 1 aliphatic rings. The standard InChI is InChI=1S/C24H25NO3/c1-17(26)25-13-12-18-4-5-21-15-24(7-6-20(21)14-18)28-23-10-8-22(9-11-23)27-16-19-2-3-19/h4-11,14-15,19H,2-3,12-13,16H2,1H3,(H,25,26). The number of rotatable bonds is 8. The average molecular weight is 375 g/mol. The van der Waals surface area contributed by atoms with Crippen LogP contribution < -0.4 is 14.8 Å². The Labute approximate surface area is 165 Å². The first-order valence-corrected chi connectivity index (χ1v) is 9.83. The van der Waals surface area contributed by atoms with Gasteiger partial charge in [-0.15, -0.1) is 0 Å². The second kappa shape index (κ2) is 8.34. The normalized spacial score (nSPS) is 13.3. The fourth-order valence-electron chi connectivity index (χ4n) is 3.11. The van der Waals surface area contributed by atoms with Gasteiger partial charge in [-0.05, 0) is 77.9 Å². The van der Waals surface area contributed by atoms with E-state index in [1.165, 1.54) is 25.3 Å². The third kappa shape index (κ3) is 5.03. The molecule has 0 spiro atoms. The van der Waals surface area contributed by atoms with E-state index in [4.69, 9.17) is 9.47 Å². The molecule has 1 saturated carbocycles. The average Bonchev–Trinajstić information content (AvgIpc) is 3.52. The van der Waals surface area contributed by atoms with E-state index < -0.39 is 0 Å². The molecule has 1 amide bonds. The van der Waals surface area contributed by atoms with E-state index in [1.54, 1.807) is 0 Å². The van der Waals surface area contributed by atoms with E-state index >= 15 is 0 Å². The Hall–Kier alpha value is -3.01. The predicted octanol–water partition coefficient (Wildman–Crippen LogP) is 5.10. The van der Waals surface area contributed by atoms with Crippen LogP contribution in [0.5, 0.6) is 17.2 Å². The van der Waals surface area contributed by atoms with Crippen molar-refractivity contribution in [3.8, 4) is 17.2 Å². The first-order chi connectivity index (χ1) is 13.7. The van der Waals surface area contributed by atoms with E-state index in [9.17, 15) is 4.79 Å². The van der Waals surface area contributed by atoms with Crippen LogP contribution in [0.2, 0.25) is 0 Å². The van der Waals surface area contributed by atoms with Gasteiger partial charge in [0.2, 0.25) is 5.91 Å². The van der Waals surface area contributed by atoms with Gasteiger partial charge in [0.05, 0.1) is 6.61 Å². The van der Waals surface area contributed by atoms with Crippen molar-refractivity contribution in [1.29, 1.82) is 0 Å². The molecule has 0 aromatic heterocycles. The number of ether oxygens (including phenoxy) is 2. The number of benzene rings is 3. The molecule has 0 saturated heterocycles. The molecule has 0 unspecified atom stereocenters. The number of hydrogen-bond acceptors (Lipinski definition) is 3. The summed E-state index contributed by atoms with van der Waals surface area (Å²) in [6, 6.07) is 20.3. The number of carbonyl (C=O) groups is 1. The largest absolute Gasteiger partial charge is 0.493 e. The van der Waals surface area contributed by atoms with Crippen molar-refractivity contribution >= 4 is 16.7 Å². The van der Waals surface area contributed by atoms with Gasteiger partial charge in [0.1, 0.15) is 17.2 Å². The molecule has 1 fully saturated rings. The summed E-state index contributed by atoms with van der Waals surface area (Å²) in [5.41, 5.74) is 1.21. The van der Waals surface area contributed by atoms with Gasteiger partial charge in [0.25, 0.3) is 0 Å². The van der Waals surface area contributed by atoms with E-state index in [1.807, 2.05) is 36.4 Å². The molecule has 4 rings (SSSR count). The highest BCUT2D eigenvalue weighted by Gasteiger charge is 2.21. The highest BCUT2D eigenvalue weighted by atomic mass is 16.5. The van der Waals surface area contributed by atoms with E-state index in [-0.39, 0.29) is 5.91 Å². The van der Waals surface area contributed by atoms with Crippen molar-refractivity contribution < 1.29 is 14.3 Å². The zero-order valence-electron chi connectivity index (χ0n) is 16.1. The van der Waals surface area contributed by atoms with Crippen molar-refractivity contribution in [3.63, 3.8) is 0 Å². The van der Waals surface area contributed by atoms with Gasteiger partial charge in [-0.2, -0.15) is 0 Å². The molecule has 0 aliphatic heterocycles. The van der Waals surface area contributed by atoms with E-state index in [2.05, 4.69) is 29.6 Å². The molecule has 1 N–H and O–H groups in total. The van der Waals surface area contributed by atoms with Crippen LogP contribution >= 0.6 is 0 Å². The van der Waals surface area contributed by atoms with Crippen LogP contribution in [-0.4, -0.2) is 19.1 Å². The molecule has 0 heterocycles. The van der Waals surface area contributed by atoms with Crippen molar-refractivity contribution in [2.75, 3.05) is 13.2 Å². The smallest absolute Gasteiger partial charge is 0.216 e. The van der Waals surface area contributed by atoms with Crippen LogP contribution in [0.4, 0.5) is 0 Å². The molecule has 0 bridgehead atoms. The third-order valence-corrected chi connectivity index (χ3v) is 4.91. The maximum atomic E-state index is 11.0. The number of fused-ring (bicyclic) bond motifs is 1. The molecule has 28 heavy (non-hydrogen) atoms. The van der Waals surface area contributed by atoms with E-state index in [0.717, 1.165) is 47.0 Å². The lowest BCUT2D eigenvalue weighted by Gasteiger charge is -2.10. The Bertz CT molecular complexity index is 961. The molecular weight excluding hydrogens is 350 g/mol. The van der Waals surface area contributed by atoms with Crippen molar-refractivity contribution in [1.82, 2.24) is 5.32 Å². The summed E-state index contributed by atoms with van der Waals surface area (Å²) in [6.45, 7) is 3.01. The first kappa shape index (κ1) is 18.4. The lowest BCUT2D eigenvalue weighted by molar-refractivity contribution is -0.118. The van der Waals surface area contributed by atoms with Crippen LogP contribution in [0.3, 0.4) is 0 Å². The summed E-state index contributed by atoms with van der Waals surface area (Å²) in [4.78, 5) is 11.0.